The minimum absolute atomic E-state index is 0.140. The molecule has 0 spiro atoms. The van der Waals surface area contributed by atoms with Gasteiger partial charge in [0.25, 0.3) is 0 Å². The Kier molecular flexibility index (Phi) is 5.20. The SMILES string of the molecule is CCC(C)(CNC(=O)N1CC(C)CC(C)C1)C(=O)O. The molecule has 0 bridgehead atoms. The van der Waals surface area contributed by atoms with Gasteiger partial charge in [-0.15, -0.1) is 0 Å². The van der Waals surface area contributed by atoms with E-state index in [2.05, 4.69) is 19.2 Å². The van der Waals surface area contributed by atoms with E-state index < -0.39 is 11.4 Å². The van der Waals surface area contributed by atoms with Crippen molar-refractivity contribution in [3.8, 4) is 0 Å². The molecule has 110 valence electrons. The van der Waals surface area contributed by atoms with E-state index in [1.165, 1.54) is 0 Å². The molecule has 1 rings (SSSR count). The van der Waals surface area contributed by atoms with E-state index in [0.29, 0.717) is 18.3 Å². The molecule has 0 aromatic carbocycles. The van der Waals surface area contributed by atoms with Crippen LogP contribution < -0.4 is 5.32 Å². The fourth-order valence-corrected chi connectivity index (χ4v) is 2.56. The molecule has 2 amide bonds. The quantitative estimate of drug-likeness (QED) is 0.822. The minimum atomic E-state index is -0.886. The molecule has 1 aliphatic rings. The Morgan fingerprint density at radius 2 is 1.84 bits per heavy atom. The third-order valence-electron chi connectivity index (χ3n) is 4.08. The van der Waals surface area contributed by atoms with Crippen molar-refractivity contribution >= 4 is 12.0 Å². The van der Waals surface area contributed by atoms with Crippen LogP contribution in [0.3, 0.4) is 0 Å². The van der Waals surface area contributed by atoms with Gasteiger partial charge < -0.3 is 15.3 Å². The molecule has 1 fully saturated rings. The number of hydrogen-bond acceptors (Lipinski definition) is 2. The van der Waals surface area contributed by atoms with Gasteiger partial charge in [0.05, 0.1) is 5.41 Å². The second-order valence-electron chi connectivity index (χ2n) is 6.23. The molecular formula is C14H26N2O3. The van der Waals surface area contributed by atoms with Gasteiger partial charge in [-0.1, -0.05) is 20.8 Å². The highest BCUT2D eigenvalue weighted by molar-refractivity contribution is 5.78. The monoisotopic (exact) mass is 270 g/mol. The lowest BCUT2D eigenvalue weighted by Gasteiger charge is -2.35. The Hall–Kier alpha value is -1.26. The largest absolute Gasteiger partial charge is 0.481 e. The zero-order chi connectivity index (χ0) is 14.6. The van der Waals surface area contributed by atoms with E-state index in [9.17, 15) is 14.7 Å². The van der Waals surface area contributed by atoms with Gasteiger partial charge in [0.15, 0.2) is 0 Å². The van der Waals surface area contributed by atoms with Crippen LogP contribution in [0.15, 0.2) is 0 Å². The van der Waals surface area contributed by atoms with Gasteiger partial charge in [-0.3, -0.25) is 4.79 Å². The average Bonchev–Trinajstić information content (AvgIpc) is 2.34. The lowest BCUT2D eigenvalue weighted by atomic mass is 9.88. The molecule has 0 aromatic rings. The highest BCUT2D eigenvalue weighted by atomic mass is 16.4. The van der Waals surface area contributed by atoms with Crippen LogP contribution in [0.2, 0.25) is 0 Å². The van der Waals surface area contributed by atoms with E-state index in [-0.39, 0.29) is 12.6 Å². The first-order chi connectivity index (χ1) is 8.78. The third kappa shape index (κ3) is 4.11. The van der Waals surface area contributed by atoms with Crippen molar-refractivity contribution in [3.05, 3.63) is 0 Å². The molecule has 1 heterocycles. The van der Waals surface area contributed by atoms with E-state index >= 15 is 0 Å². The molecule has 3 atom stereocenters. The van der Waals surface area contributed by atoms with Crippen molar-refractivity contribution in [2.75, 3.05) is 19.6 Å². The second kappa shape index (κ2) is 6.26. The number of piperidine rings is 1. The summed E-state index contributed by atoms with van der Waals surface area (Å²) in [5.74, 6) is 0.147. The number of carboxylic acid groups (broad SMARTS) is 1. The first-order valence-electron chi connectivity index (χ1n) is 7.04. The number of urea groups is 1. The maximum absolute atomic E-state index is 12.1. The molecule has 3 unspecified atom stereocenters. The first kappa shape index (κ1) is 15.8. The summed E-state index contributed by atoms with van der Waals surface area (Å²) in [5.41, 5.74) is -0.886. The van der Waals surface area contributed by atoms with Crippen molar-refractivity contribution in [1.29, 1.82) is 0 Å². The molecule has 0 aromatic heterocycles. The molecule has 1 saturated heterocycles. The second-order valence-corrected chi connectivity index (χ2v) is 6.23. The van der Waals surface area contributed by atoms with Crippen molar-refractivity contribution < 1.29 is 14.7 Å². The summed E-state index contributed by atoms with van der Waals surface area (Å²) in [6.45, 7) is 9.46. The van der Waals surface area contributed by atoms with Crippen LogP contribution in [0.5, 0.6) is 0 Å². The molecule has 0 aliphatic carbocycles. The van der Waals surface area contributed by atoms with Crippen LogP contribution >= 0.6 is 0 Å². The zero-order valence-corrected chi connectivity index (χ0v) is 12.4. The van der Waals surface area contributed by atoms with Gasteiger partial charge in [0, 0.05) is 19.6 Å². The molecule has 5 heteroatoms. The Balaban J connectivity index is 2.53. The fraction of sp³-hybridized carbons (Fsp3) is 0.857. The molecule has 5 nitrogen and oxygen atoms in total. The standard InChI is InChI=1S/C14H26N2O3/c1-5-14(4,12(17)18)9-15-13(19)16-7-10(2)6-11(3)8-16/h10-11H,5-9H2,1-4H3,(H,15,19)(H,17,18). The summed E-state index contributed by atoms with van der Waals surface area (Å²) in [6, 6.07) is -0.140. The minimum Gasteiger partial charge on any atom is -0.481 e. The Morgan fingerprint density at radius 3 is 2.26 bits per heavy atom. The number of hydrogen-bond donors (Lipinski definition) is 2. The predicted molar refractivity (Wildman–Crippen MR) is 74.0 cm³/mol. The molecule has 2 N–H and O–H groups in total. The van der Waals surface area contributed by atoms with Crippen molar-refractivity contribution in [2.45, 2.75) is 40.5 Å². The number of aliphatic carboxylic acids is 1. The lowest BCUT2D eigenvalue weighted by molar-refractivity contribution is -0.147. The Bertz CT molecular complexity index is 336. The molecule has 19 heavy (non-hydrogen) atoms. The number of nitrogens with zero attached hydrogens (tertiary/aromatic N) is 1. The van der Waals surface area contributed by atoms with Gasteiger partial charge in [-0.05, 0) is 31.6 Å². The summed E-state index contributed by atoms with van der Waals surface area (Å²) in [7, 11) is 0. The fourth-order valence-electron chi connectivity index (χ4n) is 2.56. The predicted octanol–water partition coefficient (Wildman–Crippen LogP) is 2.17. The van der Waals surface area contributed by atoms with Crippen LogP contribution in [-0.2, 0) is 4.79 Å². The summed E-state index contributed by atoms with van der Waals surface area (Å²) in [4.78, 5) is 25.1. The number of likely N-dealkylation sites (tertiary alicyclic amines) is 1. The van der Waals surface area contributed by atoms with Crippen molar-refractivity contribution in [2.24, 2.45) is 17.3 Å². The number of carbonyl (C=O) groups excluding carboxylic acids is 1. The number of carbonyl (C=O) groups is 2. The van der Waals surface area contributed by atoms with E-state index in [0.717, 1.165) is 19.5 Å². The first-order valence-corrected chi connectivity index (χ1v) is 7.04. The summed E-state index contributed by atoms with van der Waals surface area (Å²) in [6.07, 6.45) is 1.64. The van der Waals surface area contributed by atoms with Crippen LogP contribution in [0.4, 0.5) is 4.79 Å². The maximum Gasteiger partial charge on any atom is 0.317 e. The van der Waals surface area contributed by atoms with Gasteiger partial charge >= 0.3 is 12.0 Å². The third-order valence-corrected chi connectivity index (χ3v) is 4.08. The van der Waals surface area contributed by atoms with Crippen LogP contribution in [-0.4, -0.2) is 41.6 Å². The smallest absolute Gasteiger partial charge is 0.317 e. The van der Waals surface area contributed by atoms with Crippen LogP contribution in [0, 0.1) is 17.3 Å². The van der Waals surface area contributed by atoms with E-state index in [4.69, 9.17) is 0 Å². The summed E-state index contributed by atoms with van der Waals surface area (Å²) in [5, 5.41) is 11.9. The average molecular weight is 270 g/mol. The van der Waals surface area contributed by atoms with Crippen LogP contribution in [0.1, 0.15) is 40.5 Å². The number of carboxylic acids is 1. The van der Waals surface area contributed by atoms with Gasteiger partial charge in [0.1, 0.15) is 0 Å². The molecular weight excluding hydrogens is 244 g/mol. The van der Waals surface area contributed by atoms with Crippen molar-refractivity contribution in [1.82, 2.24) is 10.2 Å². The van der Waals surface area contributed by atoms with E-state index in [1.807, 2.05) is 6.92 Å². The van der Waals surface area contributed by atoms with Crippen LogP contribution in [0.25, 0.3) is 0 Å². The lowest BCUT2D eigenvalue weighted by Crippen LogP contribution is -2.50. The molecule has 1 aliphatic heterocycles. The van der Waals surface area contributed by atoms with Gasteiger partial charge in [0.2, 0.25) is 0 Å². The number of rotatable bonds is 4. The number of nitrogens with one attached hydrogen (secondary N) is 1. The molecule has 0 saturated carbocycles. The number of amides is 2. The summed E-state index contributed by atoms with van der Waals surface area (Å²) < 4.78 is 0. The van der Waals surface area contributed by atoms with Crippen molar-refractivity contribution in [3.63, 3.8) is 0 Å². The Morgan fingerprint density at radius 1 is 1.32 bits per heavy atom. The molecule has 0 radical (unpaired) electrons. The normalized spacial score (nSPS) is 26.6. The summed E-state index contributed by atoms with van der Waals surface area (Å²) >= 11 is 0. The van der Waals surface area contributed by atoms with Gasteiger partial charge in [-0.2, -0.15) is 0 Å². The highest BCUT2D eigenvalue weighted by Gasteiger charge is 2.33. The maximum atomic E-state index is 12.1. The Labute approximate surface area is 115 Å². The van der Waals surface area contributed by atoms with Gasteiger partial charge in [-0.25, -0.2) is 4.79 Å². The zero-order valence-electron chi connectivity index (χ0n) is 12.4. The van der Waals surface area contributed by atoms with E-state index in [1.54, 1.807) is 11.8 Å². The topological polar surface area (TPSA) is 69.6 Å². The highest BCUT2D eigenvalue weighted by Crippen LogP contribution is 2.22.